The number of carbonyl (C=O) groups is 1. The fraction of sp³-hybridized carbons (Fsp3) is 0.435. The predicted octanol–water partition coefficient (Wildman–Crippen LogP) is 5.75. The molecule has 29 heavy (non-hydrogen) atoms. The number of methoxy groups -OCH3 is 2. The lowest BCUT2D eigenvalue weighted by Gasteiger charge is -2.16. The maximum atomic E-state index is 11.3. The van der Waals surface area contributed by atoms with Gasteiger partial charge < -0.3 is 14.2 Å². The van der Waals surface area contributed by atoms with Crippen LogP contribution >= 0.6 is 23.4 Å². The third kappa shape index (κ3) is 6.95. The number of thioether (sulfide) groups is 1. The average molecular weight is 437 g/mol. The Morgan fingerprint density at radius 3 is 2.52 bits per heavy atom. The van der Waals surface area contributed by atoms with Crippen molar-refractivity contribution in [1.29, 1.82) is 0 Å². The molecule has 0 aliphatic carbocycles. The zero-order valence-electron chi connectivity index (χ0n) is 17.7. The summed E-state index contributed by atoms with van der Waals surface area (Å²) in [5.41, 5.74) is 5.72. The Bertz CT molecular complexity index is 813. The molecule has 0 spiro atoms. The minimum Gasteiger partial charge on any atom is -0.468 e. The summed E-state index contributed by atoms with van der Waals surface area (Å²) in [4.78, 5) is 11.3. The fourth-order valence-electron chi connectivity index (χ4n) is 3.08. The Morgan fingerprint density at radius 2 is 1.90 bits per heavy atom. The van der Waals surface area contributed by atoms with E-state index in [1.807, 2.05) is 12.1 Å². The van der Waals surface area contributed by atoms with E-state index in [2.05, 4.69) is 43.7 Å². The third-order valence-corrected chi connectivity index (χ3v) is 5.92. The quantitative estimate of drug-likeness (QED) is 0.350. The highest BCUT2D eigenvalue weighted by molar-refractivity contribution is 7.99. The van der Waals surface area contributed by atoms with Gasteiger partial charge in [0.2, 0.25) is 0 Å². The van der Waals surface area contributed by atoms with Crippen LogP contribution in [0.4, 0.5) is 0 Å². The van der Waals surface area contributed by atoms with Crippen molar-refractivity contribution in [2.75, 3.05) is 26.8 Å². The fourth-order valence-corrected chi connectivity index (χ4v) is 4.23. The molecule has 0 N–H and O–H groups in total. The van der Waals surface area contributed by atoms with Crippen LogP contribution in [-0.2, 0) is 26.4 Å². The first-order valence-electron chi connectivity index (χ1n) is 9.52. The SMILES string of the molecule is COCOc1ccc(Cc2c(C)cc(CSCC(=O)OC)cc2Cl)cc1C(C)C. The van der Waals surface area contributed by atoms with Gasteiger partial charge in [-0.15, -0.1) is 11.8 Å². The van der Waals surface area contributed by atoms with Gasteiger partial charge >= 0.3 is 5.97 Å². The molecule has 0 aliphatic rings. The Kier molecular flexibility index (Phi) is 9.34. The molecule has 0 aromatic heterocycles. The number of hydrogen-bond donors (Lipinski definition) is 0. The minimum atomic E-state index is -0.215. The highest BCUT2D eigenvalue weighted by Gasteiger charge is 2.13. The van der Waals surface area contributed by atoms with E-state index < -0.39 is 0 Å². The Labute approximate surface area is 182 Å². The largest absolute Gasteiger partial charge is 0.468 e. The van der Waals surface area contributed by atoms with Crippen molar-refractivity contribution in [2.24, 2.45) is 0 Å². The minimum absolute atomic E-state index is 0.215. The molecule has 158 valence electrons. The summed E-state index contributed by atoms with van der Waals surface area (Å²) < 4.78 is 15.4. The maximum Gasteiger partial charge on any atom is 0.315 e. The molecule has 0 saturated heterocycles. The molecule has 2 rings (SSSR count). The van der Waals surface area contributed by atoms with Gasteiger partial charge in [0.15, 0.2) is 6.79 Å². The number of benzene rings is 2. The lowest BCUT2D eigenvalue weighted by atomic mass is 9.94. The van der Waals surface area contributed by atoms with Gasteiger partial charge in [-0.05, 0) is 59.2 Å². The van der Waals surface area contributed by atoms with E-state index in [0.29, 0.717) is 11.7 Å². The molecule has 2 aromatic rings. The van der Waals surface area contributed by atoms with Gasteiger partial charge in [-0.3, -0.25) is 4.79 Å². The lowest BCUT2D eigenvalue weighted by molar-refractivity contribution is -0.137. The molecule has 4 nitrogen and oxygen atoms in total. The molecule has 0 saturated carbocycles. The monoisotopic (exact) mass is 436 g/mol. The van der Waals surface area contributed by atoms with E-state index >= 15 is 0 Å². The van der Waals surface area contributed by atoms with Crippen LogP contribution in [0, 0.1) is 6.92 Å². The number of halogens is 1. The summed E-state index contributed by atoms with van der Waals surface area (Å²) >= 11 is 8.14. The second-order valence-corrected chi connectivity index (χ2v) is 8.59. The summed E-state index contributed by atoms with van der Waals surface area (Å²) in [6.45, 7) is 6.62. The van der Waals surface area contributed by atoms with Crippen LogP contribution in [0.25, 0.3) is 0 Å². The Hall–Kier alpha value is -1.69. The van der Waals surface area contributed by atoms with E-state index in [9.17, 15) is 4.79 Å². The van der Waals surface area contributed by atoms with E-state index in [1.54, 1.807) is 7.11 Å². The highest BCUT2D eigenvalue weighted by Crippen LogP contribution is 2.31. The summed E-state index contributed by atoms with van der Waals surface area (Å²) in [6.07, 6.45) is 0.754. The van der Waals surface area contributed by atoms with Crippen LogP contribution in [0.5, 0.6) is 5.75 Å². The number of carbonyl (C=O) groups excluding carboxylic acids is 1. The molecule has 2 aromatic carbocycles. The summed E-state index contributed by atoms with van der Waals surface area (Å²) in [7, 11) is 3.02. The van der Waals surface area contributed by atoms with Crippen LogP contribution in [0.15, 0.2) is 30.3 Å². The van der Waals surface area contributed by atoms with Crippen molar-refractivity contribution in [2.45, 2.75) is 38.9 Å². The topological polar surface area (TPSA) is 44.8 Å². The molecular weight excluding hydrogens is 408 g/mol. The number of rotatable bonds is 10. The Balaban J connectivity index is 2.17. The number of aryl methyl sites for hydroxylation is 1. The predicted molar refractivity (Wildman–Crippen MR) is 120 cm³/mol. The number of esters is 1. The van der Waals surface area contributed by atoms with Gasteiger partial charge in [0.05, 0.1) is 12.9 Å². The first-order chi connectivity index (χ1) is 13.8. The average Bonchev–Trinajstić information content (AvgIpc) is 2.69. The van der Waals surface area contributed by atoms with Crippen molar-refractivity contribution in [1.82, 2.24) is 0 Å². The first-order valence-corrected chi connectivity index (χ1v) is 11.1. The smallest absolute Gasteiger partial charge is 0.315 e. The molecule has 6 heteroatoms. The van der Waals surface area contributed by atoms with Crippen LogP contribution in [-0.4, -0.2) is 32.7 Å². The normalized spacial score (nSPS) is 11.0. The maximum absolute atomic E-state index is 11.3. The highest BCUT2D eigenvalue weighted by atomic mass is 35.5. The number of hydrogen-bond acceptors (Lipinski definition) is 5. The van der Waals surface area contributed by atoms with Gasteiger partial charge in [0.1, 0.15) is 5.75 Å². The Morgan fingerprint density at radius 1 is 1.14 bits per heavy atom. The van der Waals surface area contributed by atoms with E-state index in [-0.39, 0.29) is 12.8 Å². The summed E-state index contributed by atoms with van der Waals surface area (Å²) in [5, 5.41) is 0.754. The van der Waals surface area contributed by atoms with E-state index in [4.69, 9.17) is 21.1 Å². The van der Waals surface area contributed by atoms with Crippen molar-refractivity contribution in [3.8, 4) is 5.75 Å². The molecule has 0 fully saturated rings. The molecule has 0 unspecified atom stereocenters. The zero-order valence-corrected chi connectivity index (χ0v) is 19.3. The van der Waals surface area contributed by atoms with Gasteiger partial charge in [0.25, 0.3) is 0 Å². The van der Waals surface area contributed by atoms with Gasteiger partial charge in [-0.2, -0.15) is 0 Å². The van der Waals surface area contributed by atoms with E-state index in [0.717, 1.165) is 45.2 Å². The van der Waals surface area contributed by atoms with Crippen LogP contribution in [0.1, 0.15) is 47.6 Å². The standard InChI is InChI=1S/C23H29ClO4S/c1-15(2)19-9-17(6-7-22(19)28-14-26-4)10-20-16(3)8-18(11-21(20)24)12-29-13-23(25)27-5/h6-9,11,15H,10,12-14H2,1-5H3. The molecule has 0 atom stereocenters. The first kappa shape index (κ1) is 23.6. The van der Waals surface area contributed by atoms with Crippen molar-refractivity contribution in [3.05, 3.63) is 63.2 Å². The molecule has 0 amide bonds. The zero-order chi connectivity index (χ0) is 21.4. The van der Waals surface area contributed by atoms with E-state index in [1.165, 1.54) is 24.4 Å². The number of ether oxygens (including phenoxy) is 3. The van der Waals surface area contributed by atoms with Gasteiger partial charge in [0, 0.05) is 17.9 Å². The summed E-state index contributed by atoms with van der Waals surface area (Å²) in [5.74, 6) is 2.04. The van der Waals surface area contributed by atoms with Gasteiger partial charge in [-0.1, -0.05) is 43.6 Å². The van der Waals surface area contributed by atoms with Crippen LogP contribution in [0.2, 0.25) is 5.02 Å². The van der Waals surface area contributed by atoms with Crippen LogP contribution < -0.4 is 4.74 Å². The molecular formula is C23H29ClO4S. The molecule has 0 heterocycles. The third-order valence-electron chi connectivity index (χ3n) is 4.60. The molecule has 0 bridgehead atoms. The summed E-state index contributed by atoms with van der Waals surface area (Å²) in [6, 6.07) is 10.4. The lowest BCUT2D eigenvalue weighted by Crippen LogP contribution is -2.04. The van der Waals surface area contributed by atoms with Gasteiger partial charge in [-0.25, -0.2) is 0 Å². The second-order valence-electron chi connectivity index (χ2n) is 7.20. The molecule has 0 aliphatic heterocycles. The van der Waals surface area contributed by atoms with Crippen molar-refractivity contribution >= 4 is 29.3 Å². The van der Waals surface area contributed by atoms with Crippen molar-refractivity contribution < 1.29 is 19.0 Å². The molecule has 0 radical (unpaired) electrons. The van der Waals surface area contributed by atoms with Crippen LogP contribution in [0.3, 0.4) is 0 Å². The second kappa shape index (κ2) is 11.5. The van der Waals surface area contributed by atoms with Crippen molar-refractivity contribution in [3.63, 3.8) is 0 Å².